The molecular weight excluding hydrogens is 538 g/mol. The Morgan fingerprint density at radius 2 is 1.73 bits per heavy atom. The summed E-state index contributed by atoms with van der Waals surface area (Å²) in [7, 11) is 0. The molecule has 2 aliphatic carbocycles. The van der Waals surface area contributed by atoms with Gasteiger partial charge in [-0.15, -0.1) is 0 Å². The molecule has 0 amide bonds. The van der Waals surface area contributed by atoms with Crippen LogP contribution in [0.15, 0.2) is 44.8 Å². The average molecular weight is 564 g/mol. The van der Waals surface area contributed by atoms with Crippen molar-refractivity contribution in [2.75, 3.05) is 0 Å². The van der Waals surface area contributed by atoms with E-state index in [-0.39, 0.29) is 22.5 Å². The van der Waals surface area contributed by atoms with Crippen molar-refractivity contribution >= 4 is 28.4 Å². The van der Waals surface area contributed by atoms with Gasteiger partial charge in [0.1, 0.15) is 17.2 Å². The van der Waals surface area contributed by atoms with Crippen LogP contribution in [-0.2, 0) is 10.4 Å². The van der Waals surface area contributed by atoms with Crippen LogP contribution in [0.5, 0.6) is 5.75 Å². The zero-order valence-corrected chi connectivity index (χ0v) is 20.8. The van der Waals surface area contributed by atoms with Gasteiger partial charge in [0.05, 0.1) is 15.1 Å². The largest absolute Gasteiger partial charge is 0.459 e. The van der Waals surface area contributed by atoms with E-state index in [4.69, 9.17) is 9.15 Å². The minimum absolute atomic E-state index is 0.0781. The first-order valence-electron chi connectivity index (χ1n) is 11.4. The van der Waals surface area contributed by atoms with Crippen molar-refractivity contribution < 1.29 is 23.4 Å². The van der Waals surface area contributed by atoms with Gasteiger partial charge in [0.15, 0.2) is 17.3 Å². The maximum atomic E-state index is 13.7. The van der Waals surface area contributed by atoms with E-state index >= 15 is 0 Å². The highest BCUT2D eigenvalue weighted by molar-refractivity contribution is 14.1. The van der Waals surface area contributed by atoms with Gasteiger partial charge in [-0.2, -0.15) is 0 Å². The topological polar surface area (TPSA) is 76.7 Å². The maximum absolute atomic E-state index is 13.7. The second kappa shape index (κ2) is 8.05. The van der Waals surface area contributed by atoms with Crippen molar-refractivity contribution in [3.8, 4) is 5.75 Å². The number of aliphatic hydroxyl groups is 1. The van der Waals surface area contributed by atoms with Crippen molar-refractivity contribution in [2.24, 2.45) is 5.41 Å². The summed E-state index contributed by atoms with van der Waals surface area (Å²) in [5.41, 5.74) is -0.808. The van der Waals surface area contributed by atoms with Crippen LogP contribution < -0.4 is 10.4 Å². The number of rotatable bonds is 2. The Morgan fingerprint density at radius 3 is 2.39 bits per heavy atom. The number of Topliss-reactive ketones (excluding diaryl/α,β-unsaturated/α-hetero) is 1. The Hall–Kier alpha value is -2.00. The Kier molecular flexibility index (Phi) is 5.55. The third kappa shape index (κ3) is 3.87. The first-order valence-corrected chi connectivity index (χ1v) is 12.5. The number of fused-ring (bicyclic) bond motifs is 1. The number of hydrogen-bond acceptors (Lipinski definition) is 5. The van der Waals surface area contributed by atoms with E-state index in [1.54, 1.807) is 12.1 Å². The molecule has 1 aromatic heterocycles. The zero-order valence-electron chi connectivity index (χ0n) is 18.7. The van der Waals surface area contributed by atoms with Gasteiger partial charge in [-0.3, -0.25) is 4.79 Å². The number of halogens is 2. The van der Waals surface area contributed by atoms with Gasteiger partial charge in [0, 0.05) is 18.4 Å². The molecule has 0 radical (unpaired) electrons. The molecule has 1 N–H and O–H groups in total. The molecule has 0 spiro atoms. The first kappa shape index (κ1) is 22.8. The predicted octanol–water partition coefficient (Wildman–Crippen LogP) is 5.70. The predicted molar refractivity (Wildman–Crippen MR) is 129 cm³/mol. The van der Waals surface area contributed by atoms with Crippen LogP contribution in [0.2, 0.25) is 0 Å². The summed E-state index contributed by atoms with van der Waals surface area (Å²) in [6.07, 6.45) is 4.65. The summed E-state index contributed by atoms with van der Waals surface area (Å²) < 4.78 is 26.3. The minimum Gasteiger partial charge on any atom is -0.459 e. The molecule has 1 unspecified atom stereocenters. The van der Waals surface area contributed by atoms with Crippen LogP contribution in [-0.4, -0.2) is 10.9 Å². The number of ketones is 1. The van der Waals surface area contributed by atoms with Crippen molar-refractivity contribution in [2.45, 2.75) is 70.3 Å². The highest BCUT2D eigenvalue weighted by atomic mass is 127. The SMILES string of the molecule is CC1(C)CC(=O)C2=C(C1)Oc1c(I)c(C3(O)CCCCC3)oc(=O)c1C2c1ccc(F)cc1. The third-order valence-electron chi connectivity index (χ3n) is 7.05. The van der Waals surface area contributed by atoms with Crippen molar-refractivity contribution in [1.29, 1.82) is 0 Å². The maximum Gasteiger partial charge on any atom is 0.344 e. The number of allylic oxidation sites excluding steroid dienone is 2. The number of carbonyl (C=O) groups is 1. The van der Waals surface area contributed by atoms with E-state index in [1.165, 1.54) is 12.1 Å². The molecule has 0 bridgehead atoms. The molecule has 1 aliphatic heterocycles. The normalized spacial score (nSPS) is 23.5. The van der Waals surface area contributed by atoms with Crippen LogP contribution in [0.4, 0.5) is 4.39 Å². The van der Waals surface area contributed by atoms with Crippen LogP contribution in [0.1, 0.15) is 81.6 Å². The number of benzene rings is 1. The van der Waals surface area contributed by atoms with Crippen LogP contribution in [0, 0.1) is 14.8 Å². The van der Waals surface area contributed by atoms with Crippen molar-refractivity contribution in [3.63, 3.8) is 0 Å². The number of carbonyl (C=O) groups excluding carboxylic acids is 1. The molecule has 2 aromatic rings. The van der Waals surface area contributed by atoms with Crippen LogP contribution in [0.25, 0.3) is 0 Å². The fourth-order valence-electron chi connectivity index (χ4n) is 5.47. The van der Waals surface area contributed by atoms with Gasteiger partial charge in [0.25, 0.3) is 0 Å². The lowest BCUT2D eigenvalue weighted by Gasteiger charge is -2.39. The molecule has 5 nitrogen and oxygen atoms in total. The van der Waals surface area contributed by atoms with E-state index < -0.39 is 23.0 Å². The molecule has 3 aliphatic rings. The minimum atomic E-state index is -1.21. The van der Waals surface area contributed by atoms with Gasteiger partial charge in [-0.1, -0.05) is 45.2 Å². The average Bonchev–Trinajstić information content (AvgIpc) is 2.75. The Bertz CT molecular complexity index is 1220. The molecule has 0 saturated heterocycles. The Morgan fingerprint density at radius 1 is 1.06 bits per heavy atom. The molecule has 2 heterocycles. The standard InChI is InChI=1S/C26H26FIO5/c1-25(2)12-16(29)19-17(13-25)32-22-20(18(19)14-6-8-15(27)9-7-14)24(30)33-23(21(22)28)26(31)10-4-3-5-11-26/h6-9,18,31H,3-5,10-13H2,1-2H3. The third-order valence-corrected chi connectivity index (χ3v) is 8.03. The van der Waals surface area contributed by atoms with Crippen molar-refractivity contribution in [3.05, 3.63) is 72.3 Å². The molecular formula is C26H26FIO5. The lowest BCUT2D eigenvalue weighted by Crippen LogP contribution is -2.37. The van der Waals surface area contributed by atoms with Gasteiger partial charge in [0.2, 0.25) is 0 Å². The molecule has 5 rings (SSSR count). The fourth-order valence-corrected chi connectivity index (χ4v) is 6.48. The van der Waals surface area contributed by atoms with E-state index in [1.807, 2.05) is 13.8 Å². The second-order valence-electron chi connectivity index (χ2n) is 10.2. The molecule has 1 fully saturated rings. The number of ether oxygens (including phenoxy) is 1. The summed E-state index contributed by atoms with van der Waals surface area (Å²) >= 11 is 2.08. The molecule has 33 heavy (non-hydrogen) atoms. The first-order chi connectivity index (χ1) is 15.6. The van der Waals surface area contributed by atoms with Crippen LogP contribution in [0.3, 0.4) is 0 Å². The number of hydrogen-bond donors (Lipinski definition) is 1. The Labute approximate surface area is 205 Å². The summed E-state index contributed by atoms with van der Waals surface area (Å²) in [5.74, 6) is -0.0383. The fraction of sp³-hybridized carbons (Fsp3) is 0.462. The second-order valence-corrected chi connectivity index (χ2v) is 11.3. The molecule has 174 valence electrons. The summed E-state index contributed by atoms with van der Waals surface area (Å²) in [6.45, 7) is 4.03. The van der Waals surface area contributed by atoms with Gasteiger partial charge < -0.3 is 14.3 Å². The van der Waals surface area contributed by atoms with Crippen molar-refractivity contribution in [1.82, 2.24) is 0 Å². The van der Waals surface area contributed by atoms with Gasteiger partial charge in [-0.05, 0) is 58.5 Å². The molecule has 1 aromatic carbocycles. The van der Waals surface area contributed by atoms with Gasteiger partial charge >= 0.3 is 5.63 Å². The highest BCUT2D eigenvalue weighted by Crippen LogP contribution is 2.52. The molecule has 1 atom stereocenters. The lowest BCUT2D eigenvalue weighted by molar-refractivity contribution is -0.118. The quantitative estimate of drug-likeness (QED) is 0.474. The summed E-state index contributed by atoms with van der Waals surface area (Å²) in [4.78, 5) is 26.7. The molecule has 1 saturated carbocycles. The van der Waals surface area contributed by atoms with E-state index in [9.17, 15) is 19.1 Å². The van der Waals surface area contributed by atoms with E-state index in [2.05, 4.69) is 22.6 Å². The van der Waals surface area contributed by atoms with Gasteiger partial charge in [-0.25, -0.2) is 9.18 Å². The molecule has 7 heteroatoms. The zero-order chi connectivity index (χ0) is 23.5. The smallest absolute Gasteiger partial charge is 0.344 e. The van der Waals surface area contributed by atoms with Crippen LogP contribution >= 0.6 is 22.6 Å². The summed E-state index contributed by atoms with van der Waals surface area (Å²) in [5, 5.41) is 11.3. The van der Waals surface area contributed by atoms with E-state index in [0.29, 0.717) is 51.9 Å². The monoisotopic (exact) mass is 564 g/mol. The lowest BCUT2D eigenvalue weighted by atomic mass is 9.70. The Balaban J connectivity index is 1.75. The highest BCUT2D eigenvalue weighted by Gasteiger charge is 2.46. The van der Waals surface area contributed by atoms with E-state index in [0.717, 1.165) is 19.3 Å². The summed E-state index contributed by atoms with van der Waals surface area (Å²) in [6, 6.07) is 5.85.